The van der Waals surface area contributed by atoms with Crippen molar-refractivity contribution < 1.29 is 8.78 Å². The van der Waals surface area contributed by atoms with Crippen molar-refractivity contribution in [2.24, 2.45) is 84.2 Å². The van der Waals surface area contributed by atoms with Crippen LogP contribution in [0.4, 0.5) is 8.78 Å². The lowest BCUT2D eigenvalue weighted by Crippen LogP contribution is -2.32. The zero-order valence-electron chi connectivity index (χ0n) is 67.5. The first-order valence-electron chi connectivity index (χ1n) is 40.7. The average Bonchev–Trinajstić information content (AvgIpc) is 1.91. The van der Waals surface area contributed by atoms with Crippen LogP contribution in [0.25, 0.3) is 0 Å². The van der Waals surface area contributed by atoms with Crippen LogP contribution in [0.5, 0.6) is 0 Å². The van der Waals surface area contributed by atoms with E-state index in [0.29, 0.717) is 43.3 Å². The summed E-state index contributed by atoms with van der Waals surface area (Å²) < 4.78 is 26.3. The van der Waals surface area contributed by atoms with E-state index in [1.807, 2.05) is 0 Å². The molecule has 0 unspecified atom stereocenters. The first-order chi connectivity index (χ1) is 41.3. The van der Waals surface area contributed by atoms with Gasteiger partial charge in [-0.1, -0.05) is 307 Å². The van der Waals surface area contributed by atoms with E-state index < -0.39 is 11.3 Å². The fourth-order valence-electron chi connectivity index (χ4n) is 17.0. The van der Waals surface area contributed by atoms with Crippen LogP contribution in [-0.4, -0.2) is 11.3 Å². The zero-order valence-corrected chi connectivity index (χ0v) is 67.5. The number of hydrogen-bond donors (Lipinski definition) is 0. The molecule has 0 heterocycles. The predicted octanol–water partition coefficient (Wildman–Crippen LogP) is 32.1. The molecule has 0 bridgehead atoms. The Balaban J connectivity index is 0.000000502. The third kappa shape index (κ3) is 43.9. The monoisotopic (exact) mass is 1270 g/mol. The van der Waals surface area contributed by atoms with Crippen molar-refractivity contribution in [3.63, 3.8) is 0 Å². The van der Waals surface area contributed by atoms with Crippen molar-refractivity contribution in [1.82, 2.24) is 0 Å². The van der Waals surface area contributed by atoms with Crippen molar-refractivity contribution in [2.45, 2.75) is 480 Å². The van der Waals surface area contributed by atoms with Gasteiger partial charge < -0.3 is 0 Å². The minimum Gasteiger partial charge on any atom is -0.244 e. The third-order valence-electron chi connectivity index (χ3n) is 25.6. The Labute approximate surface area is 570 Å². The first-order valence-corrected chi connectivity index (χ1v) is 40.7. The number of halogens is 2. The highest BCUT2D eigenvalue weighted by atomic mass is 19.1. The van der Waals surface area contributed by atoms with Crippen molar-refractivity contribution in [2.75, 3.05) is 0 Å². The molecule has 0 nitrogen and oxygen atoms in total. The Morgan fingerprint density at radius 2 is 0.556 bits per heavy atom. The highest BCUT2D eigenvalue weighted by Crippen LogP contribution is 2.50. The standard InChI is InChI=1S/C12H22.C11H22.C10H20.C9H17F.C9H18.C8H15F.C8H16.2C7H14.C7H16/c1-11-5-9-12(10-6-11)7-3-2-4-8-12;1-9-6-10(2,3)8-11(4,5)7-9;1-9(2)5-7-10(3,4)8-6-9;1-8(2)4-6-9(3,10)7-5-8;1-8-4-6-9(2,3)7-5-8;1-7-3-5-8(2,9)6-4-7;1-8(2)6-4-3-5-7-8;1-7-5-3-2-4-6-7;1-2-7-5-3-4-6-7;1-5-7(3,4)6-2/h11H,2-10H2,1H3;9H,6-8H2,1-5H3;5-8H2,1-4H3;4-7H2,1-3H3;8H,4-7H2,1-3H3;7H,3-6H2,1-2H3;3-7H2,1-2H3;2*7H,2-6H2,1H3;5-6H2,1-4H3. The summed E-state index contributed by atoms with van der Waals surface area (Å²) in [5.74, 6) is 5.84. The van der Waals surface area contributed by atoms with Crippen LogP contribution in [-0.2, 0) is 0 Å². The molecule has 0 aliphatic heterocycles. The topological polar surface area (TPSA) is 0 Å². The Bertz CT molecular complexity index is 1590. The summed E-state index contributed by atoms with van der Waals surface area (Å²) >= 11 is 0. The van der Waals surface area contributed by atoms with Gasteiger partial charge in [0.25, 0.3) is 0 Å². The summed E-state index contributed by atoms with van der Waals surface area (Å²) in [4.78, 5) is 0. The molecule has 10 aliphatic rings. The fourth-order valence-corrected chi connectivity index (χ4v) is 17.0. The van der Waals surface area contributed by atoms with E-state index in [-0.39, 0.29) is 0 Å². The van der Waals surface area contributed by atoms with Gasteiger partial charge in [0.2, 0.25) is 0 Å². The van der Waals surface area contributed by atoms with E-state index in [4.69, 9.17) is 0 Å². The van der Waals surface area contributed by atoms with Crippen LogP contribution in [0, 0.1) is 84.2 Å². The molecule has 0 amide bonds. The molecule has 0 N–H and O–H groups in total. The number of rotatable bonds is 3. The van der Waals surface area contributed by atoms with Gasteiger partial charge in [0.1, 0.15) is 11.3 Å². The van der Waals surface area contributed by atoms with Gasteiger partial charge in [0, 0.05) is 0 Å². The van der Waals surface area contributed by atoms with Gasteiger partial charge in [-0.3, -0.25) is 0 Å². The summed E-state index contributed by atoms with van der Waals surface area (Å²) in [5.41, 5.74) is 3.89. The SMILES string of the molecule is CC1(C)CCC(C)(C)CC1.CC1(C)CCC(C)(F)CC1.CC1(C)CCCCC1.CC1CC(C)(C)CC(C)(C)C1.CC1CCC(C)(C)CC1.CC1CCC(C)(F)CC1.CC1CCC2(CCCCC2)CC1.CC1CCCCC1.CCC(C)(C)CC.CCC1CCCC1. The third-order valence-corrected chi connectivity index (χ3v) is 25.6. The van der Waals surface area contributed by atoms with E-state index in [1.165, 1.54) is 212 Å². The van der Waals surface area contributed by atoms with E-state index in [9.17, 15) is 8.78 Å². The summed E-state index contributed by atoms with van der Waals surface area (Å²) in [6, 6.07) is 0. The van der Waals surface area contributed by atoms with Crippen LogP contribution in [0.2, 0.25) is 0 Å². The lowest BCUT2D eigenvalue weighted by Gasteiger charge is -2.44. The zero-order chi connectivity index (χ0) is 68.8. The van der Waals surface area contributed by atoms with E-state index >= 15 is 0 Å². The molecule has 2 heteroatoms. The Morgan fingerprint density at radius 3 is 0.811 bits per heavy atom. The van der Waals surface area contributed by atoms with Crippen LogP contribution in [0.1, 0.15) is 469 Å². The van der Waals surface area contributed by atoms with E-state index in [2.05, 4.69) is 166 Å². The molecule has 90 heavy (non-hydrogen) atoms. The Morgan fingerprint density at radius 1 is 0.278 bits per heavy atom. The van der Waals surface area contributed by atoms with E-state index in [0.717, 1.165) is 92.3 Å². The molecule has 0 atom stereocenters. The van der Waals surface area contributed by atoms with Crippen LogP contribution < -0.4 is 0 Å². The lowest BCUT2D eigenvalue weighted by atomic mass is 9.62. The molecule has 0 aromatic heterocycles. The average molecular weight is 1270 g/mol. The maximum atomic E-state index is 13.2. The van der Waals surface area contributed by atoms with Crippen molar-refractivity contribution >= 4 is 0 Å². The molecule has 540 valence electrons. The second-order valence-corrected chi connectivity index (χ2v) is 41.0. The predicted molar refractivity (Wildman–Crippen MR) is 406 cm³/mol. The van der Waals surface area contributed by atoms with Gasteiger partial charge in [-0.25, -0.2) is 8.78 Å². The molecule has 10 fully saturated rings. The molecule has 0 saturated heterocycles. The molecule has 0 radical (unpaired) electrons. The molecule has 0 aromatic carbocycles. The Kier molecular flexibility index (Phi) is 40.3. The number of hydrogen-bond acceptors (Lipinski definition) is 0. The molecule has 10 aliphatic carbocycles. The van der Waals surface area contributed by atoms with Crippen LogP contribution in [0.15, 0.2) is 0 Å². The molecule has 10 saturated carbocycles. The minimum absolute atomic E-state index is 0.394. The van der Waals surface area contributed by atoms with Crippen molar-refractivity contribution in [3.05, 3.63) is 0 Å². The maximum absolute atomic E-state index is 13.2. The van der Waals surface area contributed by atoms with Crippen LogP contribution >= 0.6 is 0 Å². The van der Waals surface area contributed by atoms with Gasteiger partial charge in [0.15, 0.2) is 0 Å². The summed E-state index contributed by atoms with van der Waals surface area (Å²) in [6.45, 7) is 59.8. The quantitative estimate of drug-likeness (QED) is 0.264. The Hall–Kier alpha value is -0.140. The van der Waals surface area contributed by atoms with Crippen LogP contribution in [0.3, 0.4) is 0 Å². The van der Waals surface area contributed by atoms with Crippen molar-refractivity contribution in [1.29, 1.82) is 0 Å². The minimum atomic E-state index is -0.866. The van der Waals surface area contributed by atoms with Gasteiger partial charge >= 0.3 is 0 Å². The van der Waals surface area contributed by atoms with Gasteiger partial charge in [-0.15, -0.1) is 0 Å². The first kappa shape index (κ1) is 87.9. The molecule has 1 spiro atoms. The molecule has 10 rings (SSSR count). The summed E-state index contributed by atoms with van der Waals surface area (Å²) in [5, 5.41) is 0. The number of alkyl halides is 2. The highest BCUT2D eigenvalue weighted by molar-refractivity contribution is 4.90. The van der Waals surface area contributed by atoms with Gasteiger partial charge in [0.05, 0.1) is 0 Å². The fraction of sp³-hybridized carbons (Fsp3) is 1.00. The summed E-state index contributed by atoms with van der Waals surface area (Å²) in [6.07, 6.45) is 61.5. The normalized spacial score (nSPS) is 29.0. The lowest BCUT2D eigenvalue weighted by molar-refractivity contribution is 0.0708. The largest absolute Gasteiger partial charge is 0.244 e. The van der Waals surface area contributed by atoms with Gasteiger partial charge in [-0.2, -0.15) is 0 Å². The maximum Gasteiger partial charge on any atom is 0.108 e. The van der Waals surface area contributed by atoms with E-state index in [1.54, 1.807) is 39.5 Å². The second-order valence-electron chi connectivity index (χ2n) is 41.0. The van der Waals surface area contributed by atoms with Crippen molar-refractivity contribution in [3.8, 4) is 0 Å². The second kappa shape index (κ2) is 41.3. The van der Waals surface area contributed by atoms with Gasteiger partial charge in [-0.05, 0) is 246 Å². The summed E-state index contributed by atoms with van der Waals surface area (Å²) in [7, 11) is 0. The molecular formula is C88H174F2. The smallest absolute Gasteiger partial charge is 0.108 e. The molecular weight excluding hydrogens is 1090 g/mol. The molecule has 0 aromatic rings. The highest BCUT2D eigenvalue weighted by Gasteiger charge is 2.38.